The first-order valence-electron chi connectivity index (χ1n) is 4.90. The first-order chi connectivity index (χ1) is 6.68. The van der Waals surface area contributed by atoms with E-state index in [2.05, 4.69) is 22.4 Å². The van der Waals surface area contributed by atoms with Crippen molar-refractivity contribution in [2.24, 2.45) is 5.92 Å². The predicted molar refractivity (Wildman–Crippen MR) is 53.4 cm³/mol. The topological polar surface area (TPSA) is 54.2 Å². The molecule has 2 heterocycles. The molecule has 0 saturated carbocycles. The SMILES string of the molecule is CC(c1nc(N(C)C)no1)C1CNC1. The molecular weight excluding hydrogens is 180 g/mol. The smallest absolute Gasteiger partial charge is 0.265 e. The standard InChI is InChI=1S/C9H16N4O/c1-6(7-4-10-5-7)8-11-9(12-14-8)13(2)3/h6-7,10H,4-5H2,1-3H3. The molecule has 1 aromatic rings. The first kappa shape index (κ1) is 9.45. The van der Waals surface area contributed by atoms with E-state index in [1.165, 1.54) is 0 Å². The van der Waals surface area contributed by atoms with E-state index >= 15 is 0 Å². The van der Waals surface area contributed by atoms with Crippen molar-refractivity contribution in [3.63, 3.8) is 0 Å². The molecular formula is C9H16N4O. The second-order valence-corrected chi connectivity index (χ2v) is 4.03. The van der Waals surface area contributed by atoms with Gasteiger partial charge in [0.25, 0.3) is 5.95 Å². The molecule has 0 bridgehead atoms. The Morgan fingerprint density at radius 1 is 1.50 bits per heavy atom. The van der Waals surface area contributed by atoms with Crippen LogP contribution in [0.5, 0.6) is 0 Å². The lowest BCUT2D eigenvalue weighted by Crippen LogP contribution is -2.44. The highest BCUT2D eigenvalue weighted by molar-refractivity contribution is 5.24. The molecule has 0 spiro atoms. The van der Waals surface area contributed by atoms with Gasteiger partial charge in [-0.15, -0.1) is 0 Å². The maximum Gasteiger partial charge on any atom is 0.265 e. The lowest BCUT2D eigenvalue weighted by Gasteiger charge is -2.30. The Morgan fingerprint density at radius 2 is 2.21 bits per heavy atom. The summed E-state index contributed by atoms with van der Waals surface area (Å²) in [5.41, 5.74) is 0. The highest BCUT2D eigenvalue weighted by Gasteiger charge is 2.28. The van der Waals surface area contributed by atoms with Crippen LogP contribution in [0.15, 0.2) is 4.52 Å². The first-order valence-corrected chi connectivity index (χ1v) is 4.90. The molecule has 5 heteroatoms. The van der Waals surface area contributed by atoms with Crippen LogP contribution in [0.1, 0.15) is 18.7 Å². The molecule has 0 aromatic carbocycles. The Morgan fingerprint density at radius 3 is 2.64 bits per heavy atom. The van der Waals surface area contributed by atoms with Crippen molar-refractivity contribution in [1.29, 1.82) is 0 Å². The minimum atomic E-state index is 0.359. The molecule has 78 valence electrons. The molecule has 1 unspecified atom stereocenters. The summed E-state index contributed by atoms with van der Waals surface area (Å²) in [5, 5.41) is 7.14. The van der Waals surface area contributed by atoms with Crippen LogP contribution >= 0.6 is 0 Å². The fourth-order valence-corrected chi connectivity index (χ4v) is 1.46. The highest BCUT2D eigenvalue weighted by Crippen LogP contribution is 2.26. The average Bonchev–Trinajstić information content (AvgIpc) is 2.48. The van der Waals surface area contributed by atoms with Gasteiger partial charge in [-0.05, 0) is 24.2 Å². The van der Waals surface area contributed by atoms with E-state index in [0.717, 1.165) is 19.0 Å². The second-order valence-electron chi connectivity index (χ2n) is 4.03. The van der Waals surface area contributed by atoms with Crippen molar-refractivity contribution in [1.82, 2.24) is 15.5 Å². The van der Waals surface area contributed by atoms with Gasteiger partial charge in [0.15, 0.2) is 0 Å². The molecule has 1 aliphatic rings. The maximum absolute atomic E-state index is 5.21. The summed E-state index contributed by atoms with van der Waals surface area (Å²) in [7, 11) is 3.81. The third kappa shape index (κ3) is 1.59. The minimum Gasteiger partial charge on any atom is -0.344 e. The predicted octanol–water partition coefficient (Wildman–Crippen LogP) is 0.458. The fourth-order valence-electron chi connectivity index (χ4n) is 1.46. The van der Waals surface area contributed by atoms with Gasteiger partial charge in [-0.2, -0.15) is 4.98 Å². The number of rotatable bonds is 3. The third-order valence-corrected chi connectivity index (χ3v) is 2.74. The number of hydrogen-bond acceptors (Lipinski definition) is 5. The van der Waals surface area contributed by atoms with E-state index in [1.54, 1.807) is 0 Å². The molecule has 1 saturated heterocycles. The molecule has 1 aliphatic heterocycles. The zero-order valence-electron chi connectivity index (χ0n) is 8.82. The van der Waals surface area contributed by atoms with Crippen LogP contribution in [0, 0.1) is 5.92 Å². The number of nitrogens with zero attached hydrogens (tertiary/aromatic N) is 3. The quantitative estimate of drug-likeness (QED) is 0.761. The molecule has 5 nitrogen and oxygen atoms in total. The van der Waals surface area contributed by atoms with Gasteiger partial charge in [0.1, 0.15) is 0 Å². The van der Waals surface area contributed by atoms with Gasteiger partial charge < -0.3 is 14.7 Å². The van der Waals surface area contributed by atoms with Crippen LogP contribution in [0.25, 0.3) is 0 Å². The van der Waals surface area contributed by atoms with Crippen molar-refractivity contribution >= 4 is 5.95 Å². The van der Waals surface area contributed by atoms with Crippen molar-refractivity contribution in [2.45, 2.75) is 12.8 Å². The fraction of sp³-hybridized carbons (Fsp3) is 0.778. The Kier molecular flexibility index (Phi) is 2.41. The van der Waals surface area contributed by atoms with Crippen molar-refractivity contribution in [3.8, 4) is 0 Å². The lowest BCUT2D eigenvalue weighted by molar-refractivity contribution is 0.252. The van der Waals surface area contributed by atoms with E-state index in [9.17, 15) is 0 Å². The van der Waals surface area contributed by atoms with Crippen molar-refractivity contribution in [3.05, 3.63) is 5.89 Å². The molecule has 14 heavy (non-hydrogen) atoms. The summed E-state index contributed by atoms with van der Waals surface area (Å²) >= 11 is 0. The number of aromatic nitrogens is 2. The van der Waals surface area contributed by atoms with E-state index < -0.39 is 0 Å². The van der Waals surface area contributed by atoms with Gasteiger partial charge >= 0.3 is 0 Å². The van der Waals surface area contributed by atoms with Gasteiger partial charge in [-0.25, -0.2) is 0 Å². The largest absolute Gasteiger partial charge is 0.344 e. The van der Waals surface area contributed by atoms with Gasteiger partial charge in [0.2, 0.25) is 5.89 Å². The van der Waals surface area contributed by atoms with Crippen molar-refractivity contribution < 1.29 is 4.52 Å². The maximum atomic E-state index is 5.21. The normalized spacial score (nSPS) is 19.1. The van der Waals surface area contributed by atoms with E-state index in [4.69, 9.17) is 4.52 Å². The number of hydrogen-bond donors (Lipinski definition) is 1. The molecule has 1 aromatic heterocycles. The Hall–Kier alpha value is -1.10. The van der Waals surface area contributed by atoms with Gasteiger partial charge in [-0.3, -0.25) is 0 Å². The second kappa shape index (κ2) is 3.57. The minimum absolute atomic E-state index is 0.359. The lowest BCUT2D eigenvalue weighted by atomic mass is 9.89. The zero-order chi connectivity index (χ0) is 10.1. The molecule has 0 aliphatic carbocycles. The zero-order valence-corrected chi connectivity index (χ0v) is 8.82. The van der Waals surface area contributed by atoms with Crippen LogP contribution < -0.4 is 10.2 Å². The molecule has 1 N–H and O–H groups in total. The van der Waals surface area contributed by atoms with Crippen molar-refractivity contribution in [2.75, 3.05) is 32.1 Å². The van der Waals surface area contributed by atoms with Gasteiger partial charge in [-0.1, -0.05) is 6.92 Å². The summed E-state index contributed by atoms with van der Waals surface area (Å²) in [6, 6.07) is 0. The van der Waals surface area contributed by atoms with Gasteiger partial charge in [0.05, 0.1) is 0 Å². The van der Waals surface area contributed by atoms with Crippen LogP contribution in [-0.2, 0) is 0 Å². The molecule has 0 amide bonds. The Balaban J connectivity index is 2.07. The molecule has 2 rings (SSSR count). The molecule has 1 fully saturated rings. The Bertz CT molecular complexity index is 306. The number of anilines is 1. The van der Waals surface area contributed by atoms with Crippen LogP contribution in [0.4, 0.5) is 5.95 Å². The van der Waals surface area contributed by atoms with E-state index in [1.807, 2.05) is 19.0 Å². The average molecular weight is 196 g/mol. The van der Waals surface area contributed by atoms with Crippen LogP contribution in [0.2, 0.25) is 0 Å². The molecule has 1 atom stereocenters. The number of nitrogens with one attached hydrogen (secondary N) is 1. The monoisotopic (exact) mass is 196 g/mol. The summed E-state index contributed by atoms with van der Waals surface area (Å²) < 4.78 is 5.21. The van der Waals surface area contributed by atoms with Crippen LogP contribution in [-0.4, -0.2) is 37.3 Å². The van der Waals surface area contributed by atoms with E-state index in [0.29, 0.717) is 17.8 Å². The third-order valence-electron chi connectivity index (χ3n) is 2.74. The summed E-state index contributed by atoms with van der Waals surface area (Å²) in [5.74, 6) is 2.40. The summed E-state index contributed by atoms with van der Waals surface area (Å²) in [6.45, 7) is 4.25. The highest BCUT2D eigenvalue weighted by atomic mass is 16.5. The van der Waals surface area contributed by atoms with Crippen LogP contribution in [0.3, 0.4) is 0 Å². The molecule has 0 radical (unpaired) electrons. The summed E-state index contributed by atoms with van der Waals surface area (Å²) in [6.07, 6.45) is 0. The Labute approximate surface area is 83.5 Å². The van der Waals surface area contributed by atoms with Gasteiger partial charge in [0, 0.05) is 20.0 Å². The summed E-state index contributed by atoms with van der Waals surface area (Å²) in [4.78, 5) is 6.18. The van der Waals surface area contributed by atoms with E-state index in [-0.39, 0.29) is 0 Å².